The van der Waals surface area contributed by atoms with E-state index >= 15 is 0 Å². The summed E-state index contributed by atoms with van der Waals surface area (Å²) in [5, 5.41) is 1.01. The maximum Gasteiger partial charge on any atom is 0.0184 e. The van der Waals surface area contributed by atoms with E-state index in [1.165, 1.54) is 56.1 Å². The first-order valence-electron chi connectivity index (χ1n) is 11.9. The lowest BCUT2D eigenvalue weighted by Gasteiger charge is -2.29. The molecule has 0 saturated heterocycles. The average molecular weight is 419 g/mol. The lowest BCUT2D eigenvalue weighted by molar-refractivity contribution is 0.309. The monoisotopic (exact) mass is 418 g/mol. The number of benzene rings is 2. The zero-order chi connectivity index (χ0) is 20.8. The van der Waals surface area contributed by atoms with Gasteiger partial charge >= 0.3 is 0 Å². The number of hydrogen-bond acceptors (Lipinski definition) is 0. The van der Waals surface area contributed by atoms with Gasteiger partial charge in [0.2, 0.25) is 0 Å². The van der Waals surface area contributed by atoms with Crippen molar-refractivity contribution in [2.45, 2.75) is 76.5 Å². The van der Waals surface area contributed by atoms with E-state index in [9.17, 15) is 0 Å². The molecule has 0 aliphatic heterocycles. The SMILES string of the molecule is C[C@H](Cc1ccc(C2CCC(CCC3=CC=C(Cl)CC3)CC2)cc1)c1ccccc1. The van der Waals surface area contributed by atoms with Gasteiger partial charge in [0.25, 0.3) is 0 Å². The van der Waals surface area contributed by atoms with Crippen LogP contribution in [0.5, 0.6) is 0 Å². The Balaban J connectivity index is 1.24. The fourth-order valence-electron chi connectivity index (χ4n) is 5.22. The lowest BCUT2D eigenvalue weighted by Crippen LogP contribution is -2.13. The van der Waals surface area contributed by atoms with E-state index in [1.807, 2.05) is 0 Å². The zero-order valence-corrected chi connectivity index (χ0v) is 19.1. The summed E-state index contributed by atoms with van der Waals surface area (Å²) < 4.78 is 0. The van der Waals surface area contributed by atoms with Gasteiger partial charge in [0.05, 0.1) is 0 Å². The largest absolute Gasteiger partial charge is 0.0891 e. The Labute approximate surface area is 188 Å². The predicted molar refractivity (Wildman–Crippen MR) is 130 cm³/mol. The van der Waals surface area contributed by atoms with Gasteiger partial charge < -0.3 is 0 Å². The van der Waals surface area contributed by atoms with Crippen LogP contribution in [0.15, 0.2) is 77.4 Å². The van der Waals surface area contributed by atoms with Crippen LogP contribution in [0.2, 0.25) is 0 Å². The average Bonchev–Trinajstić information content (AvgIpc) is 2.80. The molecule has 30 heavy (non-hydrogen) atoms. The van der Waals surface area contributed by atoms with E-state index in [0.29, 0.717) is 5.92 Å². The van der Waals surface area contributed by atoms with Crippen molar-refractivity contribution in [1.29, 1.82) is 0 Å². The van der Waals surface area contributed by atoms with Crippen LogP contribution in [0.25, 0.3) is 0 Å². The van der Waals surface area contributed by atoms with Crippen LogP contribution >= 0.6 is 11.6 Å². The summed E-state index contributed by atoms with van der Waals surface area (Å²) in [6, 6.07) is 20.4. The van der Waals surface area contributed by atoms with Gasteiger partial charge in [0.15, 0.2) is 0 Å². The normalized spacial score (nSPS) is 22.9. The van der Waals surface area contributed by atoms with Crippen molar-refractivity contribution in [2.75, 3.05) is 0 Å². The molecule has 0 N–H and O–H groups in total. The molecule has 2 aromatic rings. The van der Waals surface area contributed by atoms with Crippen molar-refractivity contribution in [1.82, 2.24) is 0 Å². The first kappa shape index (κ1) is 21.4. The third-order valence-electron chi connectivity index (χ3n) is 7.27. The van der Waals surface area contributed by atoms with E-state index < -0.39 is 0 Å². The highest BCUT2D eigenvalue weighted by atomic mass is 35.5. The minimum atomic E-state index is 0.568. The molecule has 2 aliphatic rings. The molecule has 0 amide bonds. The Morgan fingerprint density at radius 3 is 2.27 bits per heavy atom. The first-order chi connectivity index (χ1) is 14.7. The van der Waals surface area contributed by atoms with Gasteiger partial charge in [0, 0.05) is 5.03 Å². The van der Waals surface area contributed by atoms with Crippen LogP contribution in [0.3, 0.4) is 0 Å². The first-order valence-corrected chi connectivity index (χ1v) is 12.2. The van der Waals surface area contributed by atoms with Gasteiger partial charge in [-0.2, -0.15) is 0 Å². The summed E-state index contributed by atoms with van der Waals surface area (Å²) in [4.78, 5) is 0. The molecule has 0 spiro atoms. The quantitative estimate of drug-likeness (QED) is 0.420. The van der Waals surface area contributed by atoms with Gasteiger partial charge in [-0.3, -0.25) is 0 Å². The molecule has 1 saturated carbocycles. The molecule has 1 fully saturated rings. The van der Waals surface area contributed by atoms with Gasteiger partial charge in [-0.1, -0.05) is 84.8 Å². The van der Waals surface area contributed by atoms with E-state index in [2.05, 4.69) is 73.7 Å². The Morgan fingerprint density at radius 1 is 0.867 bits per heavy atom. The second kappa shape index (κ2) is 10.5. The molecule has 1 atom stereocenters. The summed E-state index contributed by atoms with van der Waals surface area (Å²) in [5.74, 6) is 2.24. The minimum absolute atomic E-state index is 0.568. The van der Waals surface area contributed by atoms with Crippen LogP contribution in [0, 0.1) is 5.92 Å². The van der Waals surface area contributed by atoms with Crippen molar-refractivity contribution in [3.05, 3.63) is 94.0 Å². The second-order valence-corrected chi connectivity index (χ2v) is 9.94. The topological polar surface area (TPSA) is 0 Å². The van der Waals surface area contributed by atoms with Crippen molar-refractivity contribution in [2.24, 2.45) is 5.92 Å². The summed E-state index contributed by atoms with van der Waals surface area (Å²) in [7, 11) is 0. The standard InChI is InChI=1S/C29H35Cl/c1-22(26-5-3-2-4-6-26)21-25-11-17-28(18-12-25)27-15-9-23(10-16-27)7-8-24-13-19-29(30)20-14-24/h2-6,11-13,17-19,22-23,27H,7-10,14-16,20-21H2,1H3/t22-,23?,27?/m1/s1. The molecule has 2 aliphatic carbocycles. The third kappa shape index (κ3) is 5.88. The van der Waals surface area contributed by atoms with Gasteiger partial charge in [-0.05, 0) is 98.3 Å². The summed E-state index contributed by atoms with van der Waals surface area (Å²) in [5.41, 5.74) is 6.04. The predicted octanol–water partition coefficient (Wildman–Crippen LogP) is 8.93. The fourth-order valence-corrected chi connectivity index (χ4v) is 5.37. The van der Waals surface area contributed by atoms with E-state index in [1.54, 1.807) is 11.1 Å². The molecular weight excluding hydrogens is 384 g/mol. The summed E-state index contributed by atoms with van der Waals surface area (Å²) in [6.45, 7) is 2.33. The second-order valence-electron chi connectivity index (χ2n) is 9.45. The Hall–Kier alpha value is -1.79. The fraction of sp³-hybridized carbons (Fsp3) is 0.448. The highest BCUT2D eigenvalue weighted by Crippen LogP contribution is 2.38. The van der Waals surface area contributed by atoms with Crippen molar-refractivity contribution in [3.8, 4) is 0 Å². The van der Waals surface area contributed by atoms with E-state index in [4.69, 9.17) is 11.6 Å². The molecule has 0 bridgehead atoms. The molecule has 1 heteroatoms. The zero-order valence-electron chi connectivity index (χ0n) is 18.3. The Morgan fingerprint density at radius 2 is 1.60 bits per heavy atom. The summed E-state index contributed by atoms with van der Waals surface area (Å²) >= 11 is 6.08. The maximum atomic E-state index is 6.08. The van der Waals surface area contributed by atoms with Crippen LogP contribution in [-0.4, -0.2) is 0 Å². The molecule has 4 rings (SSSR count). The number of rotatable bonds is 7. The third-order valence-corrected chi connectivity index (χ3v) is 7.58. The number of allylic oxidation sites excluding steroid dienone is 4. The Bertz CT molecular complexity index is 851. The van der Waals surface area contributed by atoms with Crippen LogP contribution in [-0.2, 0) is 6.42 Å². The molecule has 0 heterocycles. The number of hydrogen-bond donors (Lipinski definition) is 0. The highest BCUT2D eigenvalue weighted by molar-refractivity contribution is 6.29. The molecule has 0 radical (unpaired) electrons. The Kier molecular flexibility index (Phi) is 7.50. The van der Waals surface area contributed by atoms with Gasteiger partial charge in [-0.25, -0.2) is 0 Å². The van der Waals surface area contributed by atoms with Gasteiger partial charge in [-0.15, -0.1) is 0 Å². The number of halogens is 1. The van der Waals surface area contributed by atoms with Crippen LogP contribution < -0.4 is 0 Å². The molecule has 2 aromatic carbocycles. The maximum absolute atomic E-state index is 6.08. The van der Waals surface area contributed by atoms with E-state index in [-0.39, 0.29) is 0 Å². The molecule has 0 nitrogen and oxygen atoms in total. The minimum Gasteiger partial charge on any atom is -0.0891 e. The molecular formula is C29H35Cl. The van der Waals surface area contributed by atoms with Crippen molar-refractivity contribution < 1.29 is 0 Å². The van der Waals surface area contributed by atoms with Crippen molar-refractivity contribution >= 4 is 11.6 Å². The summed E-state index contributed by atoms with van der Waals surface area (Å²) in [6.07, 6.45) is 15.8. The molecule has 0 unspecified atom stereocenters. The molecule has 0 aromatic heterocycles. The smallest absolute Gasteiger partial charge is 0.0184 e. The van der Waals surface area contributed by atoms with Crippen LogP contribution in [0.1, 0.15) is 86.8 Å². The highest BCUT2D eigenvalue weighted by Gasteiger charge is 2.22. The molecule has 158 valence electrons. The lowest BCUT2D eigenvalue weighted by atomic mass is 9.76. The van der Waals surface area contributed by atoms with Crippen molar-refractivity contribution in [3.63, 3.8) is 0 Å². The van der Waals surface area contributed by atoms with E-state index in [0.717, 1.165) is 29.7 Å². The van der Waals surface area contributed by atoms with Gasteiger partial charge in [0.1, 0.15) is 0 Å². The van der Waals surface area contributed by atoms with Crippen LogP contribution in [0.4, 0.5) is 0 Å².